The monoisotopic (exact) mass is 312 g/mol. The predicted molar refractivity (Wildman–Crippen MR) is 92.9 cm³/mol. The Balaban J connectivity index is 1.96. The molecule has 0 aromatic heterocycles. The standard InChI is InChI=1S/C21H28O2/c1-14-6-5-7-19-20(14,3)11-10-15(2)21(19,4)13-16-12-17(22)8-9-18(16)23/h6,8-9,12,15,19H,5,7,10-11,13H2,1-4H3/t15-,19-,20+,21+/m0/s1. The van der Waals surface area contributed by atoms with Gasteiger partial charge in [0.15, 0.2) is 11.6 Å². The SMILES string of the molecule is CC1=CCC[C@@H]2[C@](C)(CC3=CC(=O)C=CC3=O)[C@@H](C)CC[C@]12C. The molecule has 2 nitrogen and oxygen atoms in total. The second-order valence-electron chi connectivity index (χ2n) is 8.33. The molecule has 0 aliphatic heterocycles. The summed E-state index contributed by atoms with van der Waals surface area (Å²) in [6.07, 6.45) is 12.3. The highest BCUT2D eigenvalue weighted by atomic mass is 16.1. The van der Waals surface area contributed by atoms with Crippen LogP contribution in [0.1, 0.15) is 59.8 Å². The fourth-order valence-electron chi connectivity index (χ4n) is 5.31. The van der Waals surface area contributed by atoms with Crippen LogP contribution in [0.4, 0.5) is 0 Å². The Morgan fingerprint density at radius 2 is 1.91 bits per heavy atom. The Kier molecular flexibility index (Phi) is 3.98. The van der Waals surface area contributed by atoms with E-state index in [-0.39, 0.29) is 22.4 Å². The number of rotatable bonds is 2. The van der Waals surface area contributed by atoms with Gasteiger partial charge in [0, 0.05) is 5.57 Å². The molecular formula is C21H28O2. The zero-order valence-corrected chi connectivity index (χ0v) is 14.8. The molecule has 3 rings (SSSR count). The first-order chi connectivity index (χ1) is 10.8. The fourth-order valence-corrected chi connectivity index (χ4v) is 5.31. The first kappa shape index (κ1) is 16.4. The van der Waals surface area contributed by atoms with E-state index in [1.54, 1.807) is 6.08 Å². The van der Waals surface area contributed by atoms with Gasteiger partial charge >= 0.3 is 0 Å². The molecule has 0 amide bonds. The second-order valence-corrected chi connectivity index (χ2v) is 8.33. The van der Waals surface area contributed by atoms with Crippen LogP contribution in [-0.4, -0.2) is 11.6 Å². The van der Waals surface area contributed by atoms with E-state index in [1.807, 2.05) is 0 Å². The first-order valence-corrected chi connectivity index (χ1v) is 8.91. The molecule has 1 fully saturated rings. The van der Waals surface area contributed by atoms with E-state index in [9.17, 15) is 9.59 Å². The molecule has 0 aromatic carbocycles. The van der Waals surface area contributed by atoms with Crippen molar-refractivity contribution < 1.29 is 9.59 Å². The van der Waals surface area contributed by atoms with Gasteiger partial charge < -0.3 is 0 Å². The van der Waals surface area contributed by atoms with Crippen LogP contribution < -0.4 is 0 Å². The number of fused-ring (bicyclic) bond motifs is 1. The van der Waals surface area contributed by atoms with E-state index < -0.39 is 0 Å². The average Bonchev–Trinajstić information content (AvgIpc) is 2.50. The van der Waals surface area contributed by atoms with E-state index in [0.717, 1.165) is 12.8 Å². The van der Waals surface area contributed by atoms with Gasteiger partial charge in [-0.1, -0.05) is 32.4 Å². The summed E-state index contributed by atoms with van der Waals surface area (Å²) in [6.45, 7) is 9.38. The molecule has 3 aliphatic rings. The molecular weight excluding hydrogens is 284 g/mol. The summed E-state index contributed by atoms with van der Waals surface area (Å²) >= 11 is 0. The highest BCUT2D eigenvalue weighted by Crippen LogP contribution is 2.62. The fraction of sp³-hybridized carbons (Fsp3) is 0.619. The van der Waals surface area contributed by atoms with Gasteiger partial charge in [-0.3, -0.25) is 9.59 Å². The van der Waals surface area contributed by atoms with Crippen LogP contribution in [0.3, 0.4) is 0 Å². The number of ketones is 2. The van der Waals surface area contributed by atoms with E-state index in [0.29, 0.717) is 17.4 Å². The van der Waals surface area contributed by atoms with Crippen LogP contribution in [-0.2, 0) is 9.59 Å². The number of allylic oxidation sites excluding steroid dienone is 6. The Hall–Kier alpha value is -1.44. The van der Waals surface area contributed by atoms with E-state index in [2.05, 4.69) is 33.8 Å². The third-order valence-electron chi connectivity index (χ3n) is 7.20. The van der Waals surface area contributed by atoms with Gasteiger partial charge in [-0.2, -0.15) is 0 Å². The van der Waals surface area contributed by atoms with Gasteiger partial charge in [0.25, 0.3) is 0 Å². The summed E-state index contributed by atoms with van der Waals surface area (Å²) in [4.78, 5) is 24.0. The predicted octanol–water partition coefficient (Wildman–Crippen LogP) is 4.81. The largest absolute Gasteiger partial charge is 0.290 e. The van der Waals surface area contributed by atoms with Crippen molar-refractivity contribution in [3.8, 4) is 0 Å². The number of hydrogen-bond donors (Lipinski definition) is 0. The molecule has 124 valence electrons. The molecule has 0 heterocycles. The number of carbonyl (C=O) groups excluding carboxylic acids is 2. The molecule has 3 aliphatic carbocycles. The van der Waals surface area contributed by atoms with Gasteiger partial charge in [0.1, 0.15) is 0 Å². The minimum absolute atomic E-state index is 0.0216. The Morgan fingerprint density at radius 1 is 1.17 bits per heavy atom. The third kappa shape index (κ3) is 2.56. The summed E-state index contributed by atoms with van der Waals surface area (Å²) in [5.74, 6) is 1.13. The van der Waals surface area contributed by atoms with E-state index >= 15 is 0 Å². The van der Waals surface area contributed by atoms with E-state index in [4.69, 9.17) is 0 Å². The summed E-state index contributed by atoms with van der Waals surface area (Å²) < 4.78 is 0. The molecule has 0 N–H and O–H groups in total. The van der Waals surface area contributed by atoms with Crippen molar-refractivity contribution in [1.29, 1.82) is 0 Å². The number of hydrogen-bond acceptors (Lipinski definition) is 2. The molecule has 4 atom stereocenters. The Morgan fingerprint density at radius 3 is 2.65 bits per heavy atom. The summed E-state index contributed by atoms with van der Waals surface area (Å²) in [5.41, 5.74) is 2.56. The minimum Gasteiger partial charge on any atom is -0.290 e. The summed E-state index contributed by atoms with van der Waals surface area (Å²) in [6, 6.07) is 0. The molecule has 0 aromatic rings. The van der Waals surface area contributed by atoms with Crippen molar-refractivity contribution >= 4 is 11.6 Å². The van der Waals surface area contributed by atoms with E-state index in [1.165, 1.54) is 37.0 Å². The van der Waals surface area contributed by atoms with Gasteiger partial charge in [-0.05, 0) is 79.9 Å². The quantitative estimate of drug-likeness (QED) is 0.541. The molecule has 23 heavy (non-hydrogen) atoms. The number of carbonyl (C=O) groups is 2. The van der Waals surface area contributed by atoms with Crippen LogP contribution in [0.5, 0.6) is 0 Å². The topological polar surface area (TPSA) is 34.1 Å². The average molecular weight is 312 g/mol. The summed E-state index contributed by atoms with van der Waals surface area (Å²) in [7, 11) is 0. The van der Waals surface area contributed by atoms with Crippen molar-refractivity contribution in [3.05, 3.63) is 35.5 Å². The third-order valence-corrected chi connectivity index (χ3v) is 7.20. The lowest BCUT2D eigenvalue weighted by Crippen LogP contribution is -2.50. The lowest BCUT2D eigenvalue weighted by molar-refractivity contribution is -0.115. The van der Waals surface area contributed by atoms with Crippen LogP contribution in [0.15, 0.2) is 35.5 Å². The zero-order chi connectivity index (χ0) is 16.8. The van der Waals surface area contributed by atoms with Gasteiger partial charge in [0.05, 0.1) is 0 Å². The van der Waals surface area contributed by atoms with Gasteiger partial charge in [0.2, 0.25) is 0 Å². The summed E-state index contributed by atoms with van der Waals surface area (Å²) in [5, 5.41) is 0. The first-order valence-electron chi connectivity index (χ1n) is 8.91. The van der Waals surface area contributed by atoms with Crippen LogP contribution in [0.2, 0.25) is 0 Å². The molecule has 0 unspecified atom stereocenters. The molecule has 2 heteroatoms. The maximum absolute atomic E-state index is 12.2. The maximum atomic E-state index is 12.2. The molecule has 0 bridgehead atoms. The smallest absolute Gasteiger partial charge is 0.182 e. The molecule has 0 radical (unpaired) electrons. The maximum Gasteiger partial charge on any atom is 0.182 e. The van der Waals surface area contributed by atoms with Crippen molar-refractivity contribution in [1.82, 2.24) is 0 Å². The van der Waals surface area contributed by atoms with Crippen LogP contribution in [0, 0.1) is 22.7 Å². The Bertz CT molecular complexity index is 636. The Labute approximate surface area is 139 Å². The van der Waals surface area contributed by atoms with Gasteiger partial charge in [-0.15, -0.1) is 0 Å². The van der Waals surface area contributed by atoms with Crippen molar-refractivity contribution in [2.24, 2.45) is 22.7 Å². The van der Waals surface area contributed by atoms with Crippen LogP contribution >= 0.6 is 0 Å². The highest BCUT2D eigenvalue weighted by Gasteiger charge is 2.53. The molecule has 1 saturated carbocycles. The van der Waals surface area contributed by atoms with Crippen molar-refractivity contribution in [2.45, 2.75) is 59.8 Å². The van der Waals surface area contributed by atoms with Gasteiger partial charge in [-0.25, -0.2) is 0 Å². The van der Waals surface area contributed by atoms with Crippen molar-refractivity contribution in [2.75, 3.05) is 0 Å². The van der Waals surface area contributed by atoms with Crippen LogP contribution in [0.25, 0.3) is 0 Å². The lowest BCUT2D eigenvalue weighted by Gasteiger charge is -2.58. The normalized spacial score (nSPS) is 40.5. The zero-order valence-electron chi connectivity index (χ0n) is 14.8. The highest BCUT2D eigenvalue weighted by molar-refractivity contribution is 6.17. The lowest BCUT2D eigenvalue weighted by atomic mass is 9.46. The second kappa shape index (κ2) is 5.58. The minimum atomic E-state index is -0.0471. The molecule has 0 spiro atoms. The van der Waals surface area contributed by atoms with Crippen molar-refractivity contribution in [3.63, 3.8) is 0 Å². The molecule has 0 saturated heterocycles.